The van der Waals surface area contributed by atoms with E-state index in [0.29, 0.717) is 30.6 Å². The van der Waals surface area contributed by atoms with Crippen molar-refractivity contribution < 1.29 is 14.3 Å². The minimum absolute atomic E-state index is 0.0933. The van der Waals surface area contributed by atoms with Crippen LogP contribution in [-0.2, 0) is 9.53 Å². The number of anilines is 2. The maximum Gasteiger partial charge on any atom is 0.243 e. The van der Waals surface area contributed by atoms with Crippen molar-refractivity contribution >= 4 is 17.4 Å². The number of carbonyl (C=O) groups excluding carboxylic acids is 1. The first-order valence-corrected chi connectivity index (χ1v) is 7.80. The summed E-state index contributed by atoms with van der Waals surface area (Å²) in [6, 6.07) is 5.14. The smallest absolute Gasteiger partial charge is 0.243 e. The van der Waals surface area contributed by atoms with Gasteiger partial charge in [-0.05, 0) is 12.1 Å². The van der Waals surface area contributed by atoms with Gasteiger partial charge >= 0.3 is 0 Å². The van der Waals surface area contributed by atoms with Gasteiger partial charge in [-0.3, -0.25) is 9.78 Å². The number of aromatic nitrogens is 3. The summed E-state index contributed by atoms with van der Waals surface area (Å²) in [5, 5.41) is 5.72. The third kappa shape index (κ3) is 4.88. The summed E-state index contributed by atoms with van der Waals surface area (Å²) in [4.78, 5) is 24.0. The quantitative estimate of drug-likeness (QED) is 0.828. The van der Waals surface area contributed by atoms with Crippen molar-refractivity contribution in [3.63, 3.8) is 0 Å². The van der Waals surface area contributed by atoms with Gasteiger partial charge in [0.2, 0.25) is 11.8 Å². The number of hydrogen-bond donors (Lipinski definition) is 2. The van der Waals surface area contributed by atoms with Crippen LogP contribution in [0, 0.1) is 0 Å². The lowest BCUT2D eigenvalue weighted by atomic mass is 10.2. The van der Waals surface area contributed by atoms with Crippen LogP contribution in [0.2, 0.25) is 0 Å². The van der Waals surface area contributed by atoms with E-state index < -0.39 is 0 Å². The van der Waals surface area contributed by atoms with Gasteiger partial charge in [-0.2, -0.15) is 0 Å². The van der Waals surface area contributed by atoms with E-state index in [9.17, 15) is 4.79 Å². The van der Waals surface area contributed by atoms with Crippen LogP contribution in [0.15, 0.2) is 36.9 Å². The Morgan fingerprint density at radius 2 is 2.04 bits per heavy atom. The molecular weight excluding hydrogens is 310 g/mol. The third-order valence-electron chi connectivity index (χ3n) is 3.49. The number of hydrogen-bond acceptors (Lipinski definition) is 7. The number of nitrogens with zero attached hydrogens (tertiary/aromatic N) is 3. The second kappa shape index (κ2) is 8.21. The summed E-state index contributed by atoms with van der Waals surface area (Å²) in [5.41, 5.74) is 0.697. The van der Waals surface area contributed by atoms with Crippen molar-refractivity contribution in [3.05, 3.63) is 36.9 Å². The number of amides is 1. The second-order valence-electron chi connectivity index (χ2n) is 5.31. The average molecular weight is 329 g/mol. The van der Waals surface area contributed by atoms with Gasteiger partial charge in [0.15, 0.2) is 0 Å². The Labute approximate surface area is 139 Å². The van der Waals surface area contributed by atoms with Gasteiger partial charge in [0.1, 0.15) is 18.2 Å². The number of rotatable bonds is 6. The van der Waals surface area contributed by atoms with Gasteiger partial charge in [-0.25, -0.2) is 9.97 Å². The molecule has 0 bridgehead atoms. The zero-order valence-electron chi connectivity index (χ0n) is 13.1. The lowest BCUT2D eigenvalue weighted by Gasteiger charge is -2.22. The molecule has 0 spiro atoms. The Bertz CT molecular complexity index is 662. The molecule has 8 heteroatoms. The molecule has 126 valence electrons. The SMILES string of the molecule is O=C(CNc1cc(OC2CCOCC2)ncn1)Nc1ccncc1. The highest BCUT2D eigenvalue weighted by molar-refractivity contribution is 5.93. The highest BCUT2D eigenvalue weighted by atomic mass is 16.5. The maximum atomic E-state index is 11.9. The van der Waals surface area contributed by atoms with E-state index >= 15 is 0 Å². The molecule has 0 radical (unpaired) electrons. The van der Waals surface area contributed by atoms with Crippen molar-refractivity contribution in [2.24, 2.45) is 0 Å². The van der Waals surface area contributed by atoms with Gasteiger partial charge in [0, 0.05) is 37.0 Å². The fraction of sp³-hybridized carbons (Fsp3) is 0.375. The van der Waals surface area contributed by atoms with Gasteiger partial charge in [0.05, 0.1) is 19.8 Å². The van der Waals surface area contributed by atoms with Crippen molar-refractivity contribution in [1.29, 1.82) is 0 Å². The highest BCUT2D eigenvalue weighted by Gasteiger charge is 2.16. The number of pyridine rings is 1. The molecule has 8 nitrogen and oxygen atoms in total. The van der Waals surface area contributed by atoms with Gasteiger partial charge in [-0.1, -0.05) is 0 Å². The lowest BCUT2D eigenvalue weighted by molar-refractivity contribution is -0.114. The second-order valence-corrected chi connectivity index (χ2v) is 5.31. The summed E-state index contributed by atoms with van der Waals surface area (Å²) >= 11 is 0. The molecule has 1 aliphatic heterocycles. The predicted octanol–water partition coefficient (Wildman–Crippen LogP) is 1.48. The van der Waals surface area contributed by atoms with E-state index in [1.165, 1.54) is 6.33 Å². The molecule has 2 aromatic rings. The largest absolute Gasteiger partial charge is 0.474 e. The number of nitrogens with one attached hydrogen (secondary N) is 2. The van der Waals surface area contributed by atoms with Gasteiger partial charge < -0.3 is 20.1 Å². The summed E-state index contributed by atoms with van der Waals surface area (Å²) in [6.45, 7) is 1.50. The van der Waals surface area contributed by atoms with Crippen LogP contribution in [0.1, 0.15) is 12.8 Å². The molecule has 0 atom stereocenters. The Morgan fingerprint density at radius 1 is 1.25 bits per heavy atom. The lowest BCUT2D eigenvalue weighted by Crippen LogP contribution is -2.26. The summed E-state index contributed by atoms with van der Waals surface area (Å²) < 4.78 is 11.1. The molecule has 1 saturated heterocycles. The normalized spacial score (nSPS) is 14.8. The topological polar surface area (TPSA) is 98.3 Å². The molecule has 0 aromatic carbocycles. The molecule has 0 saturated carbocycles. The summed E-state index contributed by atoms with van der Waals surface area (Å²) in [7, 11) is 0. The Kier molecular flexibility index (Phi) is 5.52. The van der Waals surface area contributed by atoms with Crippen molar-refractivity contribution in [3.8, 4) is 5.88 Å². The van der Waals surface area contributed by atoms with Crippen LogP contribution in [0.3, 0.4) is 0 Å². The monoisotopic (exact) mass is 329 g/mol. The molecule has 3 rings (SSSR count). The minimum Gasteiger partial charge on any atom is -0.474 e. The van der Waals surface area contributed by atoms with Gasteiger partial charge in [-0.15, -0.1) is 0 Å². The van der Waals surface area contributed by atoms with E-state index in [2.05, 4.69) is 25.6 Å². The van der Waals surface area contributed by atoms with E-state index in [0.717, 1.165) is 12.8 Å². The Balaban J connectivity index is 1.49. The van der Waals surface area contributed by atoms with Gasteiger partial charge in [0.25, 0.3) is 0 Å². The molecule has 3 heterocycles. The highest BCUT2D eigenvalue weighted by Crippen LogP contribution is 2.17. The first-order valence-electron chi connectivity index (χ1n) is 7.80. The third-order valence-corrected chi connectivity index (χ3v) is 3.49. The molecule has 0 aliphatic carbocycles. The predicted molar refractivity (Wildman–Crippen MR) is 87.9 cm³/mol. The van der Waals surface area contributed by atoms with Crippen LogP contribution in [-0.4, -0.2) is 46.7 Å². The fourth-order valence-corrected chi connectivity index (χ4v) is 2.28. The molecule has 1 fully saturated rings. The van der Waals surface area contributed by atoms with E-state index in [1.807, 2.05) is 0 Å². The number of ether oxygens (including phenoxy) is 2. The van der Waals surface area contributed by atoms with Crippen LogP contribution in [0.25, 0.3) is 0 Å². The molecule has 1 amide bonds. The standard InChI is InChI=1S/C16H19N5O3/c22-15(21-12-1-5-17-6-2-12)10-18-14-9-16(20-11-19-14)24-13-3-7-23-8-4-13/h1-2,5-6,9,11,13H,3-4,7-8,10H2,(H,17,21,22)(H,18,19,20). The zero-order valence-corrected chi connectivity index (χ0v) is 13.1. The fourth-order valence-electron chi connectivity index (χ4n) is 2.28. The van der Waals surface area contributed by atoms with E-state index in [4.69, 9.17) is 9.47 Å². The summed E-state index contributed by atoms with van der Waals surface area (Å²) in [5.74, 6) is 0.859. The average Bonchev–Trinajstić information content (AvgIpc) is 2.62. The van der Waals surface area contributed by atoms with E-state index in [1.54, 1.807) is 30.6 Å². The van der Waals surface area contributed by atoms with Crippen LogP contribution < -0.4 is 15.4 Å². The van der Waals surface area contributed by atoms with Crippen molar-refractivity contribution in [1.82, 2.24) is 15.0 Å². The first kappa shape index (κ1) is 16.1. The van der Waals surface area contributed by atoms with Crippen LogP contribution in [0.4, 0.5) is 11.5 Å². The minimum atomic E-state index is -0.174. The first-order chi connectivity index (χ1) is 11.8. The molecular formula is C16H19N5O3. The van der Waals surface area contributed by atoms with Crippen LogP contribution in [0.5, 0.6) is 5.88 Å². The Hall–Kier alpha value is -2.74. The van der Waals surface area contributed by atoms with Crippen LogP contribution >= 0.6 is 0 Å². The molecule has 24 heavy (non-hydrogen) atoms. The van der Waals surface area contributed by atoms with E-state index in [-0.39, 0.29) is 18.6 Å². The zero-order chi connectivity index (χ0) is 16.6. The van der Waals surface area contributed by atoms with Crippen molar-refractivity contribution in [2.45, 2.75) is 18.9 Å². The molecule has 2 aromatic heterocycles. The maximum absolute atomic E-state index is 11.9. The molecule has 0 unspecified atom stereocenters. The van der Waals surface area contributed by atoms with Crippen molar-refractivity contribution in [2.75, 3.05) is 30.4 Å². The summed E-state index contributed by atoms with van der Waals surface area (Å²) in [6.07, 6.45) is 6.46. The number of carbonyl (C=O) groups is 1. The molecule has 2 N–H and O–H groups in total. The Morgan fingerprint density at radius 3 is 2.83 bits per heavy atom. The molecule has 1 aliphatic rings.